The molecule has 0 bridgehead atoms. The minimum Gasteiger partial charge on any atom is -0.496 e. The third-order valence-electron chi connectivity index (χ3n) is 15.0. The van der Waals surface area contributed by atoms with Crippen molar-refractivity contribution in [3.63, 3.8) is 0 Å². The molecular formula is C65H81N15O12. The van der Waals surface area contributed by atoms with Crippen LogP contribution in [0.2, 0.25) is 0 Å². The normalized spacial score (nSPS) is 12.2. The van der Waals surface area contributed by atoms with Crippen LogP contribution in [0.5, 0.6) is 23.0 Å². The third-order valence-corrected chi connectivity index (χ3v) is 15.0. The Morgan fingerprint density at radius 3 is 1.18 bits per heavy atom. The highest BCUT2D eigenvalue weighted by Gasteiger charge is 2.30. The summed E-state index contributed by atoms with van der Waals surface area (Å²) >= 11 is 0. The van der Waals surface area contributed by atoms with Gasteiger partial charge in [0.05, 0.1) is 74.9 Å². The van der Waals surface area contributed by atoms with Crippen molar-refractivity contribution in [2.45, 2.75) is 94.8 Å². The van der Waals surface area contributed by atoms with E-state index in [1.807, 2.05) is 24.3 Å². The molecule has 0 unspecified atom stereocenters. The van der Waals surface area contributed by atoms with Gasteiger partial charge in [-0.1, -0.05) is 42.5 Å². The highest BCUT2D eigenvalue weighted by Crippen LogP contribution is 2.27. The number of methoxy groups -OCH3 is 4. The van der Waals surface area contributed by atoms with Crippen molar-refractivity contribution in [2.24, 2.45) is 60.8 Å². The molecule has 0 fully saturated rings. The average Bonchev–Trinajstić information content (AvgIpc) is 1.34. The first-order chi connectivity index (χ1) is 44.0. The number of H-pyrrole nitrogens is 1. The highest BCUT2D eigenvalue weighted by atomic mass is 16.5. The van der Waals surface area contributed by atoms with Gasteiger partial charge in [0.1, 0.15) is 23.0 Å². The van der Waals surface area contributed by atoms with Gasteiger partial charge in [-0.15, -0.1) is 0 Å². The Hall–Kier alpha value is -10.8. The van der Waals surface area contributed by atoms with Crippen LogP contribution < -0.4 is 80.8 Å². The fourth-order valence-electron chi connectivity index (χ4n) is 10.3. The summed E-state index contributed by atoms with van der Waals surface area (Å²) in [7, 11) is 5.48. The fraction of sp³-hybridized carbons (Fsp3) is 0.338. The lowest BCUT2D eigenvalue weighted by atomic mass is 9.95. The molecule has 4 amide bonds. The van der Waals surface area contributed by atoms with E-state index in [0.717, 1.165) is 16.5 Å². The van der Waals surface area contributed by atoms with Crippen LogP contribution in [-0.4, -0.2) is 142 Å². The van der Waals surface area contributed by atoms with Gasteiger partial charge in [-0.05, 0) is 121 Å². The molecule has 0 spiro atoms. The van der Waals surface area contributed by atoms with Crippen molar-refractivity contribution in [1.29, 1.82) is 0 Å². The number of hydrogen-bond acceptors (Lipinski definition) is 16. The number of carbonyl (C=O) groups excluding carboxylic acids is 8. The number of ether oxygens (including phenoxy) is 4. The molecule has 27 heteroatoms. The Balaban J connectivity index is 1.22. The van der Waals surface area contributed by atoms with Crippen LogP contribution in [0.4, 0.5) is 0 Å². The van der Waals surface area contributed by atoms with Crippen molar-refractivity contribution >= 4 is 75.5 Å². The van der Waals surface area contributed by atoms with Crippen LogP contribution in [0.1, 0.15) is 108 Å². The van der Waals surface area contributed by atoms with Crippen molar-refractivity contribution in [3.8, 4) is 23.0 Å². The van der Waals surface area contributed by atoms with E-state index >= 15 is 0 Å². The zero-order chi connectivity index (χ0) is 67.0. The van der Waals surface area contributed by atoms with Gasteiger partial charge >= 0.3 is 0 Å². The van der Waals surface area contributed by atoms with E-state index in [1.54, 1.807) is 30.5 Å². The van der Waals surface area contributed by atoms with Gasteiger partial charge in [-0.2, -0.15) is 0 Å². The molecule has 20 N–H and O–H groups in total. The maximum absolute atomic E-state index is 14.6. The highest BCUT2D eigenvalue weighted by molar-refractivity contribution is 6.04. The molecule has 488 valence electrons. The van der Waals surface area contributed by atoms with Crippen molar-refractivity contribution in [2.75, 3.05) is 48.1 Å². The summed E-state index contributed by atoms with van der Waals surface area (Å²) in [6.45, 7) is 0.543. The molecular weight excluding hydrogens is 1180 g/mol. The van der Waals surface area contributed by atoms with Gasteiger partial charge in [0.25, 0.3) is 23.6 Å². The molecule has 1 aromatic heterocycles. The smallest absolute Gasteiger partial charge is 0.255 e. The Bertz CT molecular complexity index is 3740. The lowest BCUT2D eigenvalue weighted by Crippen LogP contribution is -2.43. The van der Waals surface area contributed by atoms with Gasteiger partial charge in [-0.3, -0.25) is 53.3 Å². The number of aromatic nitrogens is 1. The summed E-state index contributed by atoms with van der Waals surface area (Å²) in [5.41, 5.74) is 48.3. The first kappa shape index (κ1) is 70.3. The van der Waals surface area contributed by atoms with Crippen LogP contribution in [-0.2, 0) is 51.3 Å². The number of aliphatic imine (C=N–C) groups is 3. The quantitative estimate of drug-likeness (QED) is 0.0150. The van der Waals surface area contributed by atoms with Gasteiger partial charge < -0.3 is 85.8 Å². The fourth-order valence-corrected chi connectivity index (χ4v) is 10.3. The molecule has 0 aliphatic rings. The Labute approximate surface area is 531 Å². The molecule has 27 nitrogen and oxygen atoms in total. The number of primary amides is 1. The minimum absolute atomic E-state index is 0.00250. The van der Waals surface area contributed by atoms with Crippen molar-refractivity contribution in [3.05, 3.63) is 153 Å². The number of para-hydroxylation sites is 1. The zero-order valence-electron chi connectivity index (χ0n) is 51.9. The minimum atomic E-state index is -1.17. The average molecular weight is 1260 g/mol. The zero-order valence-corrected chi connectivity index (χ0v) is 51.9. The predicted molar refractivity (Wildman–Crippen MR) is 349 cm³/mol. The van der Waals surface area contributed by atoms with Crippen molar-refractivity contribution in [1.82, 2.24) is 20.9 Å². The third kappa shape index (κ3) is 20.4. The van der Waals surface area contributed by atoms with Crippen LogP contribution in [0.15, 0.2) is 118 Å². The lowest BCUT2D eigenvalue weighted by molar-refractivity contribution is -0.121. The number of amides is 4. The number of benzene rings is 5. The van der Waals surface area contributed by atoms with E-state index in [-0.39, 0.29) is 140 Å². The second kappa shape index (κ2) is 34.2. The first-order valence-electron chi connectivity index (χ1n) is 29.5. The lowest BCUT2D eigenvalue weighted by Gasteiger charge is -2.21. The Morgan fingerprint density at radius 1 is 0.446 bits per heavy atom. The molecule has 0 radical (unpaired) electrons. The number of fused-ring (bicyclic) bond motifs is 1. The second-order valence-corrected chi connectivity index (χ2v) is 21.7. The van der Waals surface area contributed by atoms with E-state index < -0.39 is 65.1 Å². The Kier molecular flexibility index (Phi) is 26.1. The molecule has 0 saturated heterocycles. The molecule has 92 heavy (non-hydrogen) atoms. The number of ketones is 4. The molecule has 0 saturated carbocycles. The number of nitrogens with two attached hydrogens (primary N) is 8. The predicted octanol–water partition coefficient (Wildman–Crippen LogP) is 1.87. The topological polar surface area (TPSA) is 471 Å². The number of Topliss-reactive ketones (excluding diaryl/α,β-unsaturated/α-hetero) is 4. The van der Waals surface area contributed by atoms with Gasteiger partial charge in [0.15, 0.2) is 41.0 Å². The maximum atomic E-state index is 14.6. The van der Waals surface area contributed by atoms with E-state index in [9.17, 15) is 38.4 Å². The van der Waals surface area contributed by atoms with Gasteiger partial charge in [0, 0.05) is 68.8 Å². The SMILES string of the molecule is COc1ccc(CC(=O)[C@@H](Cc2c[nH]c3ccccc23)NC(=O)c2cc(CC(=O)[C@@H](CCCN=C(N)N)NC(=O)c3cc(CC(=O)[C@@H](CCCN=C(N)N)NC(=O)c4cc(CC(=O)[C@H](N)CCCN=C(N)N)ccc4OC)ccc3OC)ccc2OC)cc1C(N)=O. The van der Waals surface area contributed by atoms with Crippen LogP contribution >= 0.6 is 0 Å². The van der Waals surface area contributed by atoms with Crippen LogP contribution in [0.25, 0.3) is 10.9 Å². The van der Waals surface area contributed by atoms with Gasteiger partial charge in [0.2, 0.25) is 0 Å². The van der Waals surface area contributed by atoms with E-state index in [4.69, 9.17) is 64.8 Å². The van der Waals surface area contributed by atoms with Crippen molar-refractivity contribution < 1.29 is 57.3 Å². The number of guanidine groups is 3. The second-order valence-electron chi connectivity index (χ2n) is 21.7. The number of aromatic amines is 1. The summed E-state index contributed by atoms with van der Waals surface area (Å²) in [4.78, 5) is 127. The number of nitrogens with zero attached hydrogens (tertiary/aromatic N) is 3. The van der Waals surface area contributed by atoms with Gasteiger partial charge in [-0.25, -0.2) is 0 Å². The standard InChI is InChI=1S/C65H81N15O12/c1-89-55-19-15-36(26-42(55)59(67)85)33-54(84)50(34-40-35-77-47-12-6-5-10-41(40)47)80-62(88)45-29-39(18-22-58(45)92-4)32-53(83)49(14-9-25-76-65(72)73)79-61(87)44-28-38(17-21-57(44)91-3)31-52(82)48(13-8-24-75-64(70)71)78-60(86)43-27-37(16-20-56(43)90-2)30-51(81)46(66)11-7-23-74-63(68)69/h5-6,10,12,15-22,26-29,35,46,48-50,77H,7-9,11,13-14,23-25,30-34,66H2,1-4H3,(H2,67,85)(H,78,86)(H,79,87)(H,80,88)(H4,68,69,74)(H4,70,71,75)(H4,72,73,76)/t46-,48-,49-,50-/m1/s1. The molecule has 1 heterocycles. The number of nitrogens with one attached hydrogen (secondary N) is 4. The van der Waals surface area contributed by atoms with E-state index in [0.29, 0.717) is 41.6 Å². The van der Waals surface area contributed by atoms with Crippen LogP contribution in [0, 0.1) is 0 Å². The molecule has 4 atom stereocenters. The monoisotopic (exact) mass is 1260 g/mol. The summed E-state index contributed by atoms with van der Waals surface area (Å²) in [6.07, 6.45) is 2.38. The van der Waals surface area contributed by atoms with E-state index in [1.165, 1.54) is 77.0 Å². The Morgan fingerprint density at radius 2 is 0.793 bits per heavy atom. The number of rotatable bonds is 37. The van der Waals surface area contributed by atoms with E-state index in [2.05, 4.69) is 35.9 Å². The number of carbonyl (C=O) groups is 8. The largest absolute Gasteiger partial charge is 0.496 e. The number of hydrogen-bond donors (Lipinski definition) is 12. The molecule has 6 rings (SSSR count). The molecule has 0 aliphatic heterocycles. The summed E-state index contributed by atoms with van der Waals surface area (Å²) < 4.78 is 22.0. The molecule has 5 aromatic carbocycles. The summed E-state index contributed by atoms with van der Waals surface area (Å²) in [6, 6.07) is 21.7. The first-order valence-corrected chi connectivity index (χ1v) is 29.5. The molecule has 0 aliphatic carbocycles. The maximum Gasteiger partial charge on any atom is 0.255 e. The molecule has 6 aromatic rings. The summed E-state index contributed by atoms with van der Waals surface area (Å²) in [5, 5.41) is 9.40. The van der Waals surface area contributed by atoms with Crippen LogP contribution in [0.3, 0.4) is 0 Å². The summed E-state index contributed by atoms with van der Waals surface area (Å²) in [5.74, 6) is -4.23.